The molecule has 1 atom stereocenters. The van der Waals surface area contributed by atoms with Crippen molar-refractivity contribution in [3.05, 3.63) is 54.2 Å². The molecule has 3 heterocycles. The Balaban J connectivity index is 1.87. The third-order valence-electron chi connectivity index (χ3n) is 7.54. The van der Waals surface area contributed by atoms with Crippen LogP contribution in [0.5, 0.6) is 5.75 Å². The number of aromatic nitrogens is 4. The van der Waals surface area contributed by atoms with E-state index in [1.807, 2.05) is 78.3 Å². The quantitative estimate of drug-likeness (QED) is 0.109. The standard InChI is InChI=1S/C34H45N5O5/c1-11-13-14-17-39-25(30-35-24-18-23(31(40)43-21(3)4)20-26(42-10)28(24)38(30)9)19-22-15-16-27(36-29(22)39)34(8,12-2)37-32(41)44-33(5,6)7/h11,15-16,18-21H,1,12-14,17H2,2-10H3,(H,37,41). The van der Waals surface area contributed by atoms with Gasteiger partial charge in [-0.05, 0) is 91.1 Å². The Hall–Kier alpha value is -4.34. The Bertz CT molecular complexity index is 1690. The number of alkyl carbamates (subject to hydrolysis) is 1. The number of unbranched alkanes of at least 4 members (excludes halogenated alkanes) is 1. The van der Waals surface area contributed by atoms with Crippen LogP contribution in [0.2, 0.25) is 0 Å². The molecule has 0 saturated heterocycles. The van der Waals surface area contributed by atoms with Crippen molar-refractivity contribution in [2.45, 2.75) is 91.5 Å². The van der Waals surface area contributed by atoms with Crippen LogP contribution in [0.1, 0.15) is 83.8 Å². The number of nitrogens with one attached hydrogen (secondary N) is 1. The van der Waals surface area contributed by atoms with Crippen LogP contribution in [-0.4, -0.2) is 50.0 Å². The lowest BCUT2D eigenvalue weighted by atomic mass is 9.94. The number of ether oxygens (including phenoxy) is 3. The van der Waals surface area contributed by atoms with Crippen LogP contribution in [-0.2, 0) is 28.6 Å². The van der Waals surface area contributed by atoms with Gasteiger partial charge in [0.05, 0.1) is 41.2 Å². The van der Waals surface area contributed by atoms with Crippen molar-refractivity contribution in [3.8, 4) is 17.3 Å². The highest BCUT2D eigenvalue weighted by Gasteiger charge is 2.31. The highest BCUT2D eigenvalue weighted by Crippen LogP contribution is 2.35. The second-order valence-electron chi connectivity index (χ2n) is 12.5. The van der Waals surface area contributed by atoms with Crippen LogP contribution in [0.25, 0.3) is 33.6 Å². The number of hydrogen-bond acceptors (Lipinski definition) is 7. The van der Waals surface area contributed by atoms with Gasteiger partial charge in [0.2, 0.25) is 0 Å². The van der Waals surface area contributed by atoms with Gasteiger partial charge < -0.3 is 28.7 Å². The largest absolute Gasteiger partial charge is 0.494 e. The van der Waals surface area contributed by atoms with Gasteiger partial charge in [0.25, 0.3) is 0 Å². The van der Waals surface area contributed by atoms with Crippen molar-refractivity contribution in [1.29, 1.82) is 0 Å². The second-order valence-corrected chi connectivity index (χ2v) is 12.5. The number of fused-ring (bicyclic) bond motifs is 2. The van der Waals surface area contributed by atoms with Gasteiger partial charge in [0.1, 0.15) is 22.5 Å². The number of rotatable bonds is 11. The van der Waals surface area contributed by atoms with Gasteiger partial charge in [-0.1, -0.05) is 13.0 Å². The van der Waals surface area contributed by atoms with Gasteiger partial charge >= 0.3 is 12.1 Å². The van der Waals surface area contributed by atoms with Crippen LogP contribution in [0.4, 0.5) is 4.79 Å². The molecule has 0 aliphatic rings. The average Bonchev–Trinajstić information content (AvgIpc) is 3.47. The molecule has 0 saturated carbocycles. The summed E-state index contributed by atoms with van der Waals surface area (Å²) in [5.41, 5.74) is 2.78. The van der Waals surface area contributed by atoms with Gasteiger partial charge in [0, 0.05) is 19.0 Å². The Morgan fingerprint density at radius 2 is 1.84 bits per heavy atom. The van der Waals surface area contributed by atoms with Crippen LogP contribution in [0.3, 0.4) is 0 Å². The Labute approximate surface area is 259 Å². The fourth-order valence-electron chi connectivity index (χ4n) is 5.20. The minimum Gasteiger partial charge on any atom is -0.494 e. The Kier molecular flexibility index (Phi) is 9.41. The number of nitrogens with zero attached hydrogens (tertiary/aromatic N) is 4. The molecule has 236 valence electrons. The number of carbonyl (C=O) groups excluding carboxylic acids is 2. The van der Waals surface area contributed by atoms with E-state index in [-0.39, 0.29) is 6.10 Å². The molecule has 1 N–H and O–H groups in total. The predicted molar refractivity (Wildman–Crippen MR) is 173 cm³/mol. The molecule has 1 unspecified atom stereocenters. The Morgan fingerprint density at radius 1 is 1.11 bits per heavy atom. The van der Waals surface area contributed by atoms with E-state index in [0.29, 0.717) is 35.6 Å². The highest BCUT2D eigenvalue weighted by atomic mass is 16.6. The predicted octanol–water partition coefficient (Wildman–Crippen LogP) is 7.28. The molecule has 3 aromatic heterocycles. The maximum Gasteiger partial charge on any atom is 0.408 e. The van der Waals surface area contributed by atoms with E-state index in [9.17, 15) is 9.59 Å². The van der Waals surface area contributed by atoms with Crippen LogP contribution >= 0.6 is 0 Å². The zero-order valence-electron chi connectivity index (χ0n) is 27.4. The number of carbonyl (C=O) groups is 2. The summed E-state index contributed by atoms with van der Waals surface area (Å²) in [6, 6.07) is 9.48. The molecule has 0 aliphatic heterocycles. The first-order valence-electron chi connectivity index (χ1n) is 15.1. The number of amides is 1. The maximum atomic E-state index is 12.8. The molecule has 44 heavy (non-hydrogen) atoms. The van der Waals surface area contributed by atoms with E-state index in [2.05, 4.69) is 22.5 Å². The summed E-state index contributed by atoms with van der Waals surface area (Å²) in [7, 11) is 3.51. The number of esters is 1. The van der Waals surface area contributed by atoms with Crippen molar-refractivity contribution in [2.24, 2.45) is 7.05 Å². The van der Waals surface area contributed by atoms with E-state index in [1.54, 1.807) is 19.2 Å². The van der Waals surface area contributed by atoms with Crippen molar-refractivity contribution < 1.29 is 23.8 Å². The summed E-state index contributed by atoms with van der Waals surface area (Å²) < 4.78 is 20.8. The van der Waals surface area contributed by atoms with Gasteiger partial charge in [-0.15, -0.1) is 6.58 Å². The van der Waals surface area contributed by atoms with Crippen LogP contribution in [0.15, 0.2) is 43.0 Å². The monoisotopic (exact) mass is 603 g/mol. The molecular weight excluding hydrogens is 558 g/mol. The minimum atomic E-state index is -0.751. The van der Waals surface area contributed by atoms with Crippen molar-refractivity contribution in [2.75, 3.05) is 7.11 Å². The molecule has 0 aliphatic carbocycles. The van der Waals surface area contributed by atoms with E-state index in [0.717, 1.165) is 40.8 Å². The van der Waals surface area contributed by atoms with Crippen LogP contribution in [0, 0.1) is 0 Å². The van der Waals surface area contributed by atoms with Crippen molar-refractivity contribution in [1.82, 2.24) is 24.4 Å². The van der Waals surface area contributed by atoms with Crippen molar-refractivity contribution in [3.63, 3.8) is 0 Å². The summed E-state index contributed by atoms with van der Waals surface area (Å²) >= 11 is 0. The summed E-state index contributed by atoms with van der Waals surface area (Å²) in [4.78, 5) is 35.6. The Morgan fingerprint density at radius 3 is 2.45 bits per heavy atom. The topological polar surface area (TPSA) is 110 Å². The summed E-state index contributed by atoms with van der Waals surface area (Å²) in [6.45, 7) is 17.7. The third kappa shape index (κ3) is 6.74. The molecule has 1 aromatic carbocycles. The molecule has 10 nitrogen and oxygen atoms in total. The summed E-state index contributed by atoms with van der Waals surface area (Å²) in [6.07, 6.45) is 3.47. The van der Waals surface area contributed by atoms with E-state index >= 15 is 0 Å². The lowest BCUT2D eigenvalue weighted by molar-refractivity contribution is 0.0376. The summed E-state index contributed by atoms with van der Waals surface area (Å²) in [5.74, 6) is 0.804. The normalized spacial score (nSPS) is 13.2. The first-order valence-corrected chi connectivity index (χ1v) is 15.1. The van der Waals surface area contributed by atoms with Gasteiger partial charge in [-0.2, -0.15) is 0 Å². The highest BCUT2D eigenvalue weighted by molar-refractivity contribution is 5.97. The lowest BCUT2D eigenvalue weighted by Crippen LogP contribution is -2.46. The first-order chi connectivity index (χ1) is 20.7. The average molecular weight is 604 g/mol. The van der Waals surface area contributed by atoms with Crippen molar-refractivity contribution >= 4 is 34.1 Å². The number of aryl methyl sites for hydroxylation is 2. The number of allylic oxidation sites excluding steroid dienone is 1. The van der Waals surface area contributed by atoms with Crippen LogP contribution < -0.4 is 10.1 Å². The third-order valence-corrected chi connectivity index (χ3v) is 7.54. The molecule has 0 bridgehead atoms. The second kappa shape index (κ2) is 12.7. The molecule has 10 heteroatoms. The zero-order chi connectivity index (χ0) is 32.4. The van der Waals surface area contributed by atoms with E-state index in [1.165, 1.54) is 0 Å². The smallest absolute Gasteiger partial charge is 0.408 e. The lowest BCUT2D eigenvalue weighted by Gasteiger charge is -2.31. The summed E-state index contributed by atoms with van der Waals surface area (Å²) in [5, 5.41) is 3.98. The van der Waals surface area contributed by atoms with Gasteiger partial charge in [-0.25, -0.2) is 19.6 Å². The zero-order valence-corrected chi connectivity index (χ0v) is 27.4. The molecule has 4 aromatic rings. The molecule has 0 spiro atoms. The van der Waals surface area contributed by atoms with Gasteiger partial charge in [-0.3, -0.25) is 0 Å². The first kappa shape index (κ1) is 32.6. The number of methoxy groups -OCH3 is 1. The molecule has 4 rings (SSSR count). The van der Waals surface area contributed by atoms with E-state index < -0.39 is 23.2 Å². The molecule has 0 radical (unpaired) electrons. The molecule has 1 amide bonds. The minimum absolute atomic E-state index is 0.249. The molecular formula is C34H45N5O5. The number of benzene rings is 1. The fraction of sp³-hybridized carbons (Fsp3) is 0.471. The number of pyridine rings is 1. The number of imidazole rings is 1. The maximum absolute atomic E-state index is 12.8. The van der Waals surface area contributed by atoms with Gasteiger partial charge in [0.15, 0.2) is 5.82 Å². The number of hydrogen-bond donors (Lipinski definition) is 1. The molecule has 0 fully saturated rings. The fourth-order valence-corrected chi connectivity index (χ4v) is 5.20. The van der Waals surface area contributed by atoms with E-state index in [4.69, 9.17) is 24.2 Å². The SMILES string of the molecule is C=CCCCn1c(-c2nc3cc(C(=O)OC(C)C)cc(OC)c3n2C)cc2ccc(C(C)(CC)NC(=O)OC(C)(C)C)nc21.